The van der Waals surface area contributed by atoms with Crippen LogP contribution in [0.25, 0.3) is 0 Å². The Labute approximate surface area is 123 Å². The summed E-state index contributed by atoms with van der Waals surface area (Å²) in [5.74, 6) is 0.485. The van der Waals surface area contributed by atoms with Crippen LogP contribution in [-0.2, 0) is 4.74 Å². The first-order chi connectivity index (χ1) is 10.2. The predicted octanol–water partition coefficient (Wildman–Crippen LogP) is 1.29. The van der Waals surface area contributed by atoms with Crippen LogP contribution in [0.15, 0.2) is 18.3 Å². The van der Waals surface area contributed by atoms with Gasteiger partial charge < -0.3 is 9.64 Å². The van der Waals surface area contributed by atoms with E-state index >= 15 is 0 Å². The van der Waals surface area contributed by atoms with E-state index in [1.807, 2.05) is 4.90 Å². The molecule has 3 rings (SSSR count). The maximum Gasteiger partial charge on any atom is 0.311 e. The lowest BCUT2D eigenvalue weighted by Crippen LogP contribution is -2.48. The van der Waals surface area contributed by atoms with E-state index < -0.39 is 0 Å². The Hall–Kier alpha value is -1.73. The highest BCUT2D eigenvalue weighted by molar-refractivity contribution is 5.57. The topological polar surface area (TPSA) is 71.7 Å². The highest BCUT2D eigenvalue weighted by Gasteiger charge is 2.26. The maximum absolute atomic E-state index is 11.1. The van der Waals surface area contributed by atoms with E-state index in [1.165, 1.54) is 6.07 Å². The summed E-state index contributed by atoms with van der Waals surface area (Å²) in [7, 11) is 0. The molecule has 0 aromatic carbocycles. The summed E-state index contributed by atoms with van der Waals surface area (Å²) >= 11 is 0. The Balaban J connectivity index is 1.59. The van der Waals surface area contributed by atoms with E-state index in [0.717, 1.165) is 52.2 Å². The monoisotopic (exact) mass is 292 g/mol. The minimum Gasteiger partial charge on any atom is -0.377 e. The number of piperazine rings is 1. The molecule has 0 radical (unpaired) electrons. The number of nitrogens with zero attached hydrogens (tertiary/aromatic N) is 4. The Morgan fingerprint density at radius 3 is 2.86 bits per heavy atom. The zero-order valence-electron chi connectivity index (χ0n) is 12.0. The zero-order chi connectivity index (χ0) is 14.7. The zero-order valence-corrected chi connectivity index (χ0v) is 12.0. The van der Waals surface area contributed by atoms with Gasteiger partial charge in [0.05, 0.1) is 11.0 Å². The van der Waals surface area contributed by atoms with Crippen molar-refractivity contribution in [2.75, 3.05) is 44.2 Å². The molecule has 0 saturated carbocycles. The Bertz CT molecular complexity index is 497. The molecule has 0 spiro atoms. The van der Waals surface area contributed by atoms with Gasteiger partial charge in [-0.1, -0.05) is 0 Å². The fourth-order valence-electron chi connectivity index (χ4n) is 2.99. The summed E-state index contributed by atoms with van der Waals surface area (Å²) in [6.07, 6.45) is 4.28. The lowest BCUT2D eigenvalue weighted by molar-refractivity contribution is -0.384. The minimum absolute atomic E-state index is 0.0880. The van der Waals surface area contributed by atoms with Crippen LogP contribution < -0.4 is 4.90 Å². The molecule has 2 fully saturated rings. The average Bonchev–Trinajstić information content (AvgIpc) is 3.01. The van der Waals surface area contributed by atoms with Gasteiger partial charge in [-0.05, 0) is 18.9 Å². The van der Waals surface area contributed by atoms with Crippen molar-refractivity contribution >= 4 is 11.5 Å². The number of rotatable bonds is 4. The summed E-state index contributed by atoms with van der Waals surface area (Å²) in [5.41, 5.74) is 0.0880. The number of nitro groups is 1. The molecule has 7 heteroatoms. The Kier molecular flexibility index (Phi) is 4.31. The van der Waals surface area contributed by atoms with Crippen LogP contribution in [0.2, 0.25) is 0 Å². The van der Waals surface area contributed by atoms with Crippen LogP contribution in [0.1, 0.15) is 12.8 Å². The molecule has 114 valence electrons. The summed E-state index contributed by atoms with van der Waals surface area (Å²) < 4.78 is 5.66. The molecule has 21 heavy (non-hydrogen) atoms. The second-order valence-electron chi connectivity index (χ2n) is 5.53. The van der Waals surface area contributed by atoms with Crippen molar-refractivity contribution in [3.8, 4) is 0 Å². The first-order valence-corrected chi connectivity index (χ1v) is 7.42. The number of hydrogen-bond acceptors (Lipinski definition) is 6. The van der Waals surface area contributed by atoms with Gasteiger partial charge in [0.15, 0.2) is 0 Å². The Morgan fingerprint density at radius 1 is 1.38 bits per heavy atom. The molecule has 2 aliphatic heterocycles. The van der Waals surface area contributed by atoms with Crippen molar-refractivity contribution in [3.05, 3.63) is 28.4 Å². The fourth-order valence-corrected chi connectivity index (χ4v) is 2.99. The SMILES string of the molecule is O=[N+]([O-])c1cccnc1N1CCN(CC2CCCO2)CC1. The van der Waals surface area contributed by atoms with Crippen molar-refractivity contribution in [2.24, 2.45) is 0 Å². The smallest absolute Gasteiger partial charge is 0.311 e. The normalized spacial score (nSPS) is 23.4. The number of hydrogen-bond donors (Lipinski definition) is 0. The van der Waals surface area contributed by atoms with E-state index in [4.69, 9.17) is 4.74 Å². The second kappa shape index (κ2) is 6.36. The second-order valence-corrected chi connectivity index (χ2v) is 5.53. The number of anilines is 1. The van der Waals surface area contributed by atoms with Gasteiger partial charge >= 0.3 is 5.69 Å². The molecule has 1 aromatic heterocycles. The first kappa shape index (κ1) is 14.2. The number of ether oxygens (including phenoxy) is 1. The largest absolute Gasteiger partial charge is 0.377 e. The molecule has 3 heterocycles. The molecular formula is C14H20N4O3. The third-order valence-corrected chi connectivity index (χ3v) is 4.12. The van der Waals surface area contributed by atoms with Gasteiger partial charge in [0, 0.05) is 51.6 Å². The third kappa shape index (κ3) is 3.30. The van der Waals surface area contributed by atoms with Crippen LogP contribution >= 0.6 is 0 Å². The molecule has 0 amide bonds. The summed E-state index contributed by atoms with van der Waals surface area (Å²) in [6.45, 7) is 5.18. The van der Waals surface area contributed by atoms with Crippen molar-refractivity contribution in [2.45, 2.75) is 18.9 Å². The van der Waals surface area contributed by atoms with Gasteiger partial charge in [-0.15, -0.1) is 0 Å². The van der Waals surface area contributed by atoms with Gasteiger partial charge in [-0.3, -0.25) is 15.0 Å². The fraction of sp³-hybridized carbons (Fsp3) is 0.643. The molecular weight excluding hydrogens is 272 g/mol. The molecule has 7 nitrogen and oxygen atoms in total. The van der Waals surface area contributed by atoms with E-state index in [2.05, 4.69) is 9.88 Å². The summed E-state index contributed by atoms with van der Waals surface area (Å²) in [6, 6.07) is 3.12. The molecule has 1 atom stereocenters. The van der Waals surface area contributed by atoms with Crippen LogP contribution in [0.3, 0.4) is 0 Å². The number of aromatic nitrogens is 1. The van der Waals surface area contributed by atoms with Crippen molar-refractivity contribution < 1.29 is 9.66 Å². The van der Waals surface area contributed by atoms with E-state index in [9.17, 15) is 10.1 Å². The van der Waals surface area contributed by atoms with Crippen LogP contribution in [0.5, 0.6) is 0 Å². The maximum atomic E-state index is 11.1. The van der Waals surface area contributed by atoms with Crippen LogP contribution in [0.4, 0.5) is 11.5 Å². The van der Waals surface area contributed by atoms with Gasteiger partial charge in [0.1, 0.15) is 0 Å². The van der Waals surface area contributed by atoms with Gasteiger partial charge in [-0.2, -0.15) is 0 Å². The van der Waals surface area contributed by atoms with Gasteiger partial charge in [0.2, 0.25) is 5.82 Å². The van der Waals surface area contributed by atoms with E-state index in [-0.39, 0.29) is 10.6 Å². The quantitative estimate of drug-likeness (QED) is 0.615. The molecule has 1 aromatic rings. The number of pyridine rings is 1. The van der Waals surface area contributed by atoms with Crippen LogP contribution in [0, 0.1) is 10.1 Å². The van der Waals surface area contributed by atoms with E-state index in [0.29, 0.717) is 11.9 Å². The first-order valence-electron chi connectivity index (χ1n) is 7.42. The van der Waals surface area contributed by atoms with Gasteiger partial charge in [0.25, 0.3) is 0 Å². The lowest BCUT2D eigenvalue weighted by atomic mass is 10.2. The highest BCUT2D eigenvalue weighted by atomic mass is 16.6. The summed E-state index contributed by atoms with van der Waals surface area (Å²) in [4.78, 5) is 19.3. The van der Waals surface area contributed by atoms with Crippen molar-refractivity contribution in [1.29, 1.82) is 0 Å². The lowest BCUT2D eigenvalue weighted by Gasteiger charge is -2.35. The molecule has 1 unspecified atom stereocenters. The van der Waals surface area contributed by atoms with Crippen molar-refractivity contribution in [1.82, 2.24) is 9.88 Å². The minimum atomic E-state index is -0.360. The molecule has 0 N–H and O–H groups in total. The standard InChI is InChI=1S/C14H20N4O3/c19-18(20)13-4-1-5-15-14(13)17-8-6-16(7-9-17)11-12-3-2-10-21-12/h1,4-5,12H,2-3,6-11H2. The molecule has 0 bridgehead atoms. The molecule has 2 aliphatic rings. The summed E-state index contributed by atoms with van der Waals surface area (Å²) in [5, 5.41) is 11.1. The predicted molar refractivity (Wildman–Crippen MR) is 78.5 cm³/mol. The third-order valence-electron chi connectivity index (χ3n) is 4.12. The molecule has 0 aliphatic carbocycles. The van der Waals surface area contributed by atoms with Crippen LogP contribution in [-0.4, -0.2) is 60.2 Å². The Morgan fingerprint density at radius 2 is 2.19 bits per heavy atom. The average molecular weight is 292 g/mol. The highest BCUT2D eigenvalue weighted by Crippen LogP contribution is 2.26. The molecule has 2 saturated heterocycles. The van der Waals surface area contributed by atoms with Gasteiger partial charge in [-0.25, -0.2) is 4.98 Å². The van der Waals surface area contributed by atoms with E-state index in [1.54, 1.807) is 12.3 Å². The van der Waals surface area contributed by atoms with Crippen molar-refractivity contribution in [3.63, 3.8) is 0 Å².